The molecule has 166 valence electrons. The van der Waals surface area contributed by atoms with Gasteiger partial charge in [-0.1, -0.05) is 22.0 Å². The van der Waals surface area contributed by atoms with Crippen LogP contribution >= 0.6 is 15.9 Å². The lowest BCUT2D eigenvalue weighted by Crippen LogP contribution is -2.39. The average molecular weight is 499 g/mol. The largest absolute Gasteiger partial charge is 0.465 e. The second kappa shape index (κ2) is 9.12. The summed E-state index contributed by atoms with van der Waals surface area (Å²) in [6, 6.07) is 9.98. The molecular weight excluding hydrogens is 476 g/mol. The Morgan fingerprint density at radius 1 is 1.19 bits per heavy atom. The molecule has 2 amide bonds. The Kier molecular flexibility index (Phi) is 6.27. The first-order valence-corrected chi connectivity index (χ1v) is 11.2. The van der Waals surface area contributed by atoms with Gasteiger partial charge >= 0.3 is 5.97 Å². The fourth-order valence-electron chi connectivity index (χ4n) is 3.97. The van der Waals surface area contributed by atoms with Gasteiger partial charge in [-0.25, -0.2) is 4.79 Å². The van der Waals surface area contributed by atoms with E-state index in [0.29, 0.717) is 45.0 Å². The van der Waals surface area contributed by atoms with Crippen molar-refractivity contribution in [2.45, 2.75) is 32.2 Å². The molecule has 9 heteroatoms. The third-order valence-corrected chi connectivity index (χ3v) is 6.01. The number of hydrogen-bond donors (Lipinski definition) is 2. The third kappa shape index (κ3) is 4.25. The van der Waals surface area contributed by atoms with Crippen molar-refractivity contribution in [3.05, 3.63) is 57.6 Å². The molecule has 0 saturated carbocycles. The summed E-state index contributed by atoms with van der Waals surface area (Å²) in [5.41, 5.74) is 2.39. The van der Waals surface area contributed by atoms with Crippen molar-refractivity contribution in [1.29, 1.82) is 0 Å². The number of nitrogens with one attached hydrogen (secondary N) is 2. The van der Waals surface area contributed by atoms with Crippen molar-refractivity contribution >= 4 is 51.0 Å². The van der Waals surface area contributed by atoms with E-state index in [1.54, 1.807) is 30.3 Å². The maximum atomic E-state index is 13.0. The average Bonchev–Trinajstić information content (AvgIpc) is 3.14. The fraction of sp³-hybridized carbons (Fsp3) is 0.304. The van der Waals surface area contributed by atoms with Crippen LogP contribution in [0.15, 0.2) is 45.9 Å². The number of hydrogen-bond acceptors (Lipinski definition) is 6. The molecule has 32 heavy (non-hydrogen) atoms. The predicted octanol–water partition coefficient (Wildman–Crippen LogP) is 3.97. The second-order valence-electron chi connectivity index (χ2n) is 7.76. The number of guanidine groups is 1. The van der Waals surface area contributed by atoms with Gasteiger partial charge in [0.05, 0.1) is 24.0 Å². The van der Waals surface area contributed by atoms with Gasteiger partial charge in [-0.15, -0.1) is 0 Å². The molecule has 2 heterocycles. The number of benzene rings is 2. The molecule has 0 spiro atoms. The maximum absolute atomic E-state index is 13.0. The lowest BCUT2D eigenvalue weighted by atomic mass is 10.1. The first-order chi connectivity index (χ1) is 15.4. The van der Waals surface area contributed by atoms with Crippen LogP contribution in [0.2, 0.25) is 0 Å². The van der Waals surface area contributed by atoms with E-state index in [9.17, 15) is 14.4 Å². The number of rotatable bonds is 1. The highest BCUT2D eigenvalue weighted by molar-refractivity contribution is 9.10. The molecule has 2 aliphatic rings. The zero-order valence-electron chi connectivity index (χ0n) is 17.8. The molecule has 8 nitrogen and oxygen atoms in total. The number of fused-ring (bicyclic) bond motifs is 5. The van der Waals surface area contributed by atoms with E-state index in [1.807, 2.05) is 17.9 Å². The predicted molar refractivity (Wildman–Crippen MR) is 125 cm³/mol. The highest BCUT2D eigenvalue weighted by Gasteiger charge is 2.35. The monoisotopic (exact) mass is 498 g/mol. The molecule has 2 bridgehead atoms. The molecule has 0 radical (unpaired) electrons. The smallest absolute Gasteiger partial charge is 0.340 e. The number of aliphatic imine (C=N–C) groups is 1. The van der Waals surface area contributed by atoms with Crippen LogP contribution in [0.5, 0.6) is 0 Å². The Labute approximate surface area is 194 Å². The normalized spacial score (nSPS) is 20.2. The number of amides is 2. The van der Waals surface area contributed by atoms with E-state index in [1.165, 1.54) is 7.11 Å². The molecule has 1 atom stereocenters. The number of halogens is 1. The summed E-state index contributed by atoms with van der Waals surface area (Å²) < 4.78 is 5.70. The van der Waals surface area contributed by atoms with E-state index in [-0.39, 0.29) is 11.9 Å². The highest BCUT2D eigenvalue weighted by Crippen LogP contribution is 2.41. The van der Waals surface area contributed by atoms with Crippen molar-refractivity contribution < 1.29 is 19.1 Å². The zero-order valence-corrected chi connectivity index (χ0v) is 19.4. The Morgan fingerprint density at radius 2 is 1.97 bits per heavy atom. The van der Waals surface area contributed by atoms with Crippen LogP contribution < -0.4 is 15.5 Å². The first-order valence-electron chi connectivity index (χ1n) is 10.4. The van der Waals surface area contributed by atoms with Gasteiger partial charge in [-0.2, -0.15) is 4.99 Å². The number of methoxy groups -OCH3 is 1. The highest BCUT2D eigenvalue weighted by atomic mass is 79.9. The van der Waals surface area contributed by atoms with Crippen LogP contribution in [0.1, 0.15) is 57.3 Å². The summed E-state index contributed by atoms with van der Waals surface area (Å²) in [4.78, 5) is 44.2. The number of ether oxygens (including phenoxy) is 1. The number of esters is 1. The quantitative estimate of drug-likeness (QED) is 0.577. The lowest BCUT2D eigenvalue weighted by molar-refractivity contribution is 0.0601. The first kappa shape index (κ1) is 22.0. The number of carbonyl (C=O) groups is 3. The van der Waals surface area contributed by atoms with Crippen molar-refractivity contribution in [2.24, 2.45) is 4.99 Å². The van der Waals surface area contributed by atoms with Crippen LogP contribution in [0, 0.1) is 0 Å². The van der Waals surface area contributed by atoms with Crippen molar-refractivity contribution in [3.8, 4) is 0 Å². The molecule has 0 aliphatic carbocycles. The molecule has 2 aromatic carbocycles. The Hall–Kier alpha value is -3.20. The van der Waals surface area contributed by atoms with Crippen LogP contribution in [0.3, 0.4) is 0 Å². The molecule has 4 rings (SSSR count). The molecule has 2 aromatic rings. The fourth-order valence-corrected chi connectivity index (χ4v) is 4.43. The minimum atomic E-state index is -0.483. The van der Waals surface area contributed by atoms with Crippen LogP contribution in [-0.4, -0.2) is 43.4 Å². The minimum absolute atomic E-state index is 0.0649. The Morgan fingerprint density at radius 3 is 2.75 bits per heavy atom. The standard InChI is InChI=1S/C23H23BrN4O4/c1-13-6-3-4-9-25-20(29)14-7-5-8-15(10-14)21(30)27-23-26-18-12-16(24)11-17(22(31)32-2)19(18)28(13)23/h5,7-8,10-13H,3-4,6,9H2,1-2H3,(H,25,29)(H,26,27,30)/t13-/m0/s1. The van der Waals surface area contributed by atoms with Gasteiger partial charge < -0.3 is 20.3 Å². The van der Waals surface area contributed by atoms with Crippen LogP contribution in [0.25, 0.3) is 0 Å². The van der Waals surface area contributed by atoms with Gasteiger partial charge in [0, 0.05) is 28.2 Å². The summed E-state index contributed by atoms with van der Waals surface area (Å²) >= 11 is 3.44. The molecule has 0 unspecified atom stereocenters. The van der Waals surface area contributed by atoms with Crippen molar-refractivity contribution in [3.63, 3.8) is 0 Å². The van der Waals surface area contributed by atoms with Gasteiger partial charge in [-0.3, -0.25) is 9.59 Å². The van der Waals surface area contributed by atoms with Gasteiger partial charge in [0.15, 0.2) is 0 Å². The van der Waals surface area contributed by atoms with Gasteiger partial charge in [0.25, 0.3) is 11.8 Å². The van der Waals surface area contributed by atoms with E-state index in [0.717, 1.165) is 19.3 Å². The number of carbonyl (C=O) groups excluding carboxylic acids is 3. The summed E-state index contributed by atoms with van der Waals surface area (Å²) in [5, 5.41) is 6.09. The third-order valence-electron chi connectivity index (χ3n) is 5.55. The molecule has 2 N–H and O–H groups in total. The van der Waals surface area contributed by atoms with Crippen molar-refractivity contribution in [1.82, 2.24) is 5.32 Å². The summed E-state index contributed by atoms with van der Waals surface area (Å²) in [5.74, 6) is -0.826. The molecule has 2 aliphatic heterocycles. The molecule has 0 aromatic heterocycles. The summed E-state index contributed by atoms with van der Waals surface area (Å²) in [6.07, 6.45) is 2.42. The van der Waals surface area contributed by atoms with E-state index in [2.05, 4.69) is 31.6 Å². The second-order valence-corrected chi connectivity index (χ2v) is 8.67. The summed E-state index contributed by atoms with van der Waals surface area (Å²) in [6.45, 7) is 2.56. The molecule has 0 fully saturated rings. The Bertz CT molecular complexity index is 1130. The maximum Gasteiger partial charge on any atom is 0.340 e. The van der Waals surface area contributed by atoms with Crippen LogP contribution in [0.4, 0.5) is 11.4 Å². The lowest BCUT2D eigenvalue weighted by Gasteiger charge is -2.28. The van der Waals surface area contributed by atoms with Crippen molar-refractivity contribution in [2.75, 3.05) is 23.9 Å². The topological polar surface area (TPSA) is 100 Å². The SMILES string of the molecule is COC(=O)c1cc(Br)cc2c1N1/C(=N/C(=O)c3cccc(c3)C(=O)NCCCC[C@@H]1C)N2. The van der Waals surface area contributed by atoms with Gasteiger partial charge in [0.1, 0.15) is 0 Å². The summed E-state index contributed by atoms with van der Waals surface area (Å²) in [7, 11) is 1.34. The molecular formula is C23H23BrN4O4. The zero-order chi connectivity index (χ0) is 22.8. The minimum Gasteiger partial charge on any atom is -0.465 e. The van der Waals surface area contributed by atoms with Gasteiger partial charge in [0.2, 0.25) is 5.96 Å². The Balaban J connectivity index is 1.83. The van der Waals surface area contributed by atoms with Crippen LogP contribution in [-0.2, 0) is 4.74 Å². The molecule has 0 saturated heterocycles. The number of nitrogens with zero attached hydrogens (tertiary/aromatic N) is 2. The van der Waals surface area contributed by atoms with E-state index < -0.39 is 11.9 Å². The number of anilines is 2. The van der Waals surface area contributed by atoms with E-state index in [4.69, 9.17) is 4.74 Å². The van der Waals surface area contributed by atoms with E-state index >= 15 is 0 Å². The van der Waals surface area contributed by atoms with Gasteiger partial charge in [-0.05, 0) is 56.5 Å².